The van der Waals surface area contributed by atoms with Crippen LogP contribution in [0.15, 0.2) is 18.2 Å². The number of nitrogens with zero attached hydrogens (tertiary/aromatic N) is 2. The molecule has 2 aromatic rings. The summed E-state index contributed by atoms with van der Waals surface area (Å²) < 4.78 is 16.9. The number of aromatic nitrogens is 3. The molecule has 1 aliphatic heterocycles. The van der Waals surface area contributed by atoms with Crippen LogP contribution in [-0.2, 0) is 4.74 Å². The van der Waals surface area contributed by atoms with Crippen LogP contribution in [0.1, 0.15) is 56.0 Å². The van der Waals surface area contributed by atoms with Crippen molar-refractivity contribution in [1.29, 1.82) is 0 Å². The molecule has 3 N–H and O–H groups in total. The lowest BCUT2D eigenvalue weighted by Gasteiger charge is -2.14. The third kappa shape index (κ3) is 3.52. The van der Waals surface area contributed by atoms with E-state index < -0.39 is 6.04 Å². The van der Waals surface area contributed by atoms with E-state index in [4.69, 9.17) is 19.9 Å². The minimum atomic E-state index is -0.439. The molecule has 130 valence electrons. The number of nitrogens with two attached hydrogens (primary N) is 1. The molecule has 7 nitrogen and oxygen atoms in total. The summed E-state index contributed by atoms with van der Waals surface area (Å²) in [6.07, 6.45) is 2.00. The van der Waals surface area contributed by atoms with Crippen molar-refractivity contribution < 1.29 is 14.2 Å². The molecule has 2 heterocycles. The van der Waals surface area contributed by atoms with Gasteiger partial charge in [0.2, 0.25) is 0 Å². The van der Waals surface area contributed by atoms with Gasteiger partial charge in [-0.2, -0.15) is 5.10 Å². The number of hydrogen-bond acceptors (Lipinski definition) is 6. The van der Waals surface area contributed by atoms with E-state index in [0.717, 1.165) is 30.8 Å². The number of aromatic amines is 1. The molecule has 1 aromatic heterocycles. The van der Waals surface area contributed by atoms with Crippen LogP contribution < -0.4 is 15.2 Å². The van der Waals surface area contributed by atoms with Gasteiger partial charge >= 0.3 is 0 Å². The van der Waals surface area contributed by atoms with Gasteiger partial charge in [0, 0.05) is 6.61 Å². The van der Waals surface area contributed by atoms with E-state index in [1.165, 1.54) is 0 Å². The SMILES string of the molecule is CCOc1ccc([C@H](N)c2n[nH]c([C@H]3CCCO3)n2)cc1OCC. The van der Waals surface area contributed by atoms with Gasteiger partial charge in [0.25, 0.3) is 0 Å². The average molecular weight is 332 g/mol. The first-order valence-electron chi connectivity index (χ1n) is 8.41. The highest BCUT2D eigenvalue weighted by molar-refractivity contribution is 5.44. The predicted molar refractivity (Wildman–Crippen MR) is 89.1 cm³/mol. The van der Waals surface area contributed by atoms with Crippen LogP contribution in [0.4, 0.5) is 0 Å². The maximum atomic E-state index is 6.34. The van der Waals surface area contributed by atoms with E-state index in [1.807, 2.05) is 32.0 Å². The third-order valence-corrected chi connectivity index (χ3v) is 3.96. The van der Waals surface area contributed by atoms with Crippen molar-refractivity contribution in [3.8, 4) is 11.5 Å². The Balaban J connectivity index is 1.81. The van der Waals surface area contributed by atoms with Crippen molar-refractivity contribution in [1.82, 2.24) is 15.2 Å². The van der Waals surface area contributed by atoms with E-state index in [9.17, 15) is 0 Å². The first kappa shape index (κ1) is 16.7. The molecule has 0 radical (unpaired) electrons. The van der Waals surface area contributed by atoms with Gasteiger partial charge in [0.15, 0.2) is 23.1 Å². The normalized spacial score (nSPS) is 18.5. The quantitative estimate of drug-likeness (QED) is 0.809. The standard InChI is InChI=1S/C17H24N4O3/c1-3-22-12-8-7-11(10-14(12)23-4-2)15(18)17-19-16(20-21-17)13-6-5-9-24-13/h7-8,10,13,15H,3-6,9,18H2,1-2H3,(H,19,20,21)/t13-,15+/m1/s1. The molecule has 0 amide bonds. The summed E-state index contributed by atoms with van der Waals surface area (Å²) in [7, 11) is 0. The van der Waals surface area contributed by atoms with E-state index in [0.29, 0.717) is 30.5 Å². The van der Waals surface area contributed by atoms with Crippen molar-refractivity contribution in [2.45, 2.75) is 38.8 Å². The van der Waals surface area contributed by atoms with Crippen molar-refractivity contribution >= 4 is 0 Å². The van der Waals surface area contributed by atoms with Crippen molar-refractivity contribution in [3.05, 3.63) is 35.4 Å². The average Bonchev–Trinajstić information content (AvgIpc) is 3.27. The van der Waals surface area contributed by atoms with Crippen LogP contribution in [0, 0.1) is 0 Å². The summed E-state index contributed by atoms with van der Waals surface area (Å²) in [5, 5.41) is 7.21. The molecular weight excluding hydrogens is 308 g/mol. The van der Waals surface area contributed by atoms with E-state index in [2.05, 4.69) is 15.2 Å². The van der Waals surface area contributed by atoms with Crippen molar-refractivity contribution in [3.63, 3.8) is 0 Å². The lowest BCUT2D eigenvalue weighted by atomic mass is 10.1. The Labute approximate surface area is 141 Å². The minimum Gasteiger partial charge on any atom is -0.490 e. The number of H-pyrrole nitrogens is 1. The van der Waals surface area contributed by atoms with Gasteiger partial charge in [0.05, 0.1) is 19.3 Å². The van der Waals surface area contributed by atoms with Gasteiger partial charge in [-0.1, -0.05) is 6.07 Å². The number of hydrogen-bond donors (Lipinski definition) is 2. The molecule has 0 bridgehead atoms. The second-order valence-electron chi connectivity index (χ2n) is 5.63. The highest BCUT2D eigenvalue weighted by atomic mass is 16.5. The smallest absolute Gasteiger partial charge is 0.171 e. The molecule has 0 aliphatic carbocycles. The molecule has 3 rings (SSSR count). The predicted octanol–water partition coefficient (Wildman–Crippen LogP) is 2.50. The highest BCUT2D eigenvalue weighted by Gasteiger charge is 2.23. The number of ether oxygens (including phenoxy) is 3. The first-order valence-corrected chi connectivity index (χ1v) is 8.41. The van der Waals surface area contributed by atoms with Gasteiger partial charge in [-0.25, -0.2) is 4.98 Å². The number of nitrogens with one attached hydrogen (secondary N) is 1. The van der Waals surface area contributed by atoms with Crippen LogP contribution in [0.5, 0.6) is 11.5 Å². The minimum absolute atomic E-state index is 0.00207. The Kier molecular flexibility index (Phi) is 5.32. The lowest BCUT2D eigenvalue weighted by molar-refractivity contribution is 0.105. The summed E-state index contributed by atoms with van der Waals surface area (Å²) in [6, 6.07) is 5.24. The number of rotatable bonds is 7. The van der Waals surface area contributed by atoms with Gasteiger partial charge < -0.3 is 19.9 Å². The molecule has 0 spiro atoms. The van der Waals surface area contributed by atoms with Gasteiger partial charge in [0.1, 0.15) is 6.10 Å². The number of benzene rings is 1. The van der Waals surface area contributed by atoms with Crippen LogP contribution in [0.2, 0.25) is 0 Å². The topological polar surface area (TPSA) is 95.3 Å². The Morgan fingerprint density at radius 2 is 2.08 bits per heavy atom. The zero-order valence-electron chi connectivity index (χ0n) is 14.1. The van der Waals surface area contributed by atoms with Crippen LogP contribution in [-0.4, -0.2) is 35.0 Å². The van der Waals surface area contributed by atoms with Crippen LogP contribution in [0.25, 0.3) is 0 Å². The Morgan fingerprint density at radius 3 is 2.79 bits per heavy atom. The van der Waals surface area contributed by atoms with Crippen molar-refractivity contribution in [2.75, 3.05) is 19.8 Å². The van der Waals surface area contributed by atoms with Crippen LogP contribution >= 0.6 is 0 Å². The second kappa shape index (κ2) is 7.63. The zero-order chi connectivity index (χ0) is 16.9. The molecule has 1 aliphatic rings. The maximum Gasteiger partial charge on any atom is 0.171 e. The second-order valence-corrected chi connectivity index (χ2v) is 5.63. The Bertz CT molecular complexity index is 668. The zero-order valence-corrected chi connectivity index (χ0v) is 14.1. The molecular formula is C17H24N4O3. The van der Waals surface area contributed by atoms with Gasteiger partial charge in [-0.05, 0) is 44.4 Å². The molecule has 2 atom stereocenters. The summed E-state index contributed by atoms with van der Waals surface area (Å²) >= 11 is 0. The van der Waals surface area contributed by atoms with E-state index in [1.54, 1.807) is 0 Å². The fourth-order valence-electron chi connectivity index (χ4n) is 2.77. The van der Waals surface area contributed by atoms with Crippen molar-refractivity contribution in [2.24, 2.45) is 5.73 Å². The third-order valence-electron chi connectivity index (χ3n) is 3.96. The molecule has 0 saturated carbocycles. The van der Waals surface area contributed by atoms with Gasteiger partial charge in [-0.3, -0.25) is 5.10 Å². The molecule has 24 heavy (non-hydrogen) atoms. The van der Waals surface area contributed by atoms with E-state index in [-0.39, 0.29) is 6.10 Å². The molecule has 0 unspecified atom stereocenters. The summed E-state index contributed by atoms with van der Waals surface area (Å²) in [6.45, 7) is 5.78. The fraction of sp³-hybridized carbons (Fsp3) is 0.529. The highest BCUT2D eigenvalue weighted by Crippen LogP contribution is 2.32. The Hall–Kier alpha value is -2.12. The molecule has 1 aromatic carbocycles. The Morgan fingerprint density at radius 1 is 1.29 bits per heavy atom. The first-order chi connectivity index (χ1) is 11.7. The lowest BCUT2D eigenvalue weighted by Crippen LogP contribution is -2.14. The van der Waals surface area contributed by atoms with Crippen LogP contribution in [0.3, 0.4) is 0 Å². The molecule has 1 fully saturated rings. The van der Waals surface area contributed by atoms with Gasteiger partial charge in [-0.15, -0.1) is 0 Å². The van der Waals surface area contributed by atoms with E-state index >= 15 is 0 Å². The monoisotopic (exact) mass is 332 g/mol. The maximum absolute atomic E-state index is 6.34. The summed E-state index contributed by atoms with van der Waals surface area (Å²) in [4.78, 5) is 4.51. The fourth-order valence-corrected chi connectivity index (χ4v) is 2.77. The molecule has 1 saturated heterocycles. The largest absolute Gasteiger partial charge is 0.490 e. The summed E-state index contributed by atoms with van der Waals surface area (Å²) in [5.41, 5.74) is 7.21. The summed E-state index contributed by atoms with van der Waals surface area (Å²) in [5.74, 6) is 2.69. The molecule has 7 heteroatoms.